The standard InChI is InChI=1S/C15H19BCl2N2O4/c1-3-15(22)20(4-2)9-14(21)19-13(16(23)24)8-10-5-6-11(17)12(18)7-10/h3,5-7,13,23-24H,1,4,8-9H2,2H3,(H,19,21)/t13-/m0/s1. The quantitative estimate of drug-likeness (QED) is 0.470. The van der Waals surface area contributed by atoms with Crippen molar-refractivity contribution in [2.24, 2.45) is 0 Å². The summed E-state index contributed by atoms with van der Waals surface area (Å²) in [4.78, 5) is 24.9. The third kappa shape index (κ3) is 6.16. The summed E-state index contributed by atoms with van der Waals surface area (Å²) in [5.41, 5.74) is 0.678. The van der Waals surface area contributed by atoms with Crippen molar-refractivity contribution in [1.29, 1.82) is 0 Å². The van der Waals surface area contributed by atoms with E-state index in [1.165, 1.54) is 4.90 Å². The fourth-order valence-corrected chi connectivity index (χ4v) is 2.37. The zero-order valence-corrected chi connectivity index (χ0v) is 14.7. The Kier molecular flexibility index (Phi) is 8.28. The lowest BCUT2D eigenvalue weighted by atomic mass is 9.76. The molecule has 1 aromatic rings. The van der Waals surface area contributed by atoms with Crippen LogP contribution in [0.15, 0.2) is 30.9 Å². The first-order valence-corrected chi connectivity index (χ1v) is 8.04. The summed E-state index contributed by atoms with van der Waals surface area (Å²) in [6.07, 6.45) is 1.26. The summed E-state index contributed by atoms with van der Waals surface area (Å²) in [7, 11) is -1.77. The maximum Gasteiger partial charge on any atom is 0.475 e. The van der Waals surface area contributed by atoms with E-state index in [9.17, 15) is 19.6 Å². The van der Waals surface area contributed by atoms with Gasteiger partial charge in [0.2, 0.25) is 11.8 Å². The van der Waals surface area contributed by atoms with Crippen LogP contribution in [0.1, 0.15) is 12.5 Å². The fourth-order valence-electron chi connectivity index (χ4n) is 2.05. The highest BCUT2D eigenvalue weighted by Gasteiger charge is 2.26. The number of rotatable bonds is 8. The Morgan fingerprint density at radius 3 is 2.54 bits per heavy atom. The lowest BCUT2D eigenvalue weighted by molar-refractivity contribution is -0.132. The molecular weight excluding hydrogens is 354 g/mol. The molecule has 0 aliphatic rings. The molecule has 0 aliphatic heterocycles. The van der Waals surface area contributed by atoms with Crippen LogP contribution < -0.4 is 5.32 Å². The van der Waals surface area contributed by atoms with Crippen LogP contribution in [-0.2, 0) is 16.0 Å². The zero-order valence-electron chi connectivity index (χ0n) is 13.2. The van der Waals surface area contributed by atoms with Crippen LogP contribution in [0.4, 0.5) is 0 Å². The molecule has 0 heterocycles. The molecule has 0 aromatic heterocycles. The molecule has 0 unspecified atom stereocenters. The molecule has 0 bridgehead atoms. The molecular formula is C15H19BCl2N2O4. The molecule has 1 atom stereocenters. The van der Waals surface area contributed by atoms with E-state index in [1.807, 2.05) is 0 Å². The SMILES string of the molecule is C=CC(=O)N(CC)CC(=O)N[C@@H](Cc1ccc(Cl)c(Cl)c1)B(O)O. The number of hydrogen-bond acceptors (Lipinski definition) is 4. The third-order valence-electron chi connectivity index (χ3n) is 3.35. The van der Waals surface area contributed by atoms with Gasteiger partial charge in [0.05, 0.1) is 22.5 Å². The van der Waals surface area contributed by atoms with E-state index in [0.717, 1.165) is 6.08 Å². The second-order valence-electron chi connectivity index (χ2n) is 5.10. The summed E-state index contributed by atoms with van der Waals surface area (Å²) in [5.74, 6) is -1.84. The van der Waals surface area contributed by atoms with Crippen LogP contribution in [0.2, 0.25) is 10.0 Å². The number of carbonyl (C=O) groups is 2. The van der Waals surface area contributed by atoms with Crippen LogP contribution in [0.25, 0.3) is 0 Å². The van der Waals surface area contributed by atoms with E-state index in [0.29, 0.717) is 22.2 Å². The number of carbonyl (C=O) groups excluding carboxylic acids is 2. The van der Waals surface area contributed by atoms with Crippen molar-refractivity contribution in [1.82, 2.24) is 10.2 Å². The van der Waals surface area contributed by atoms with Gasteiger partial charge in [0, 0.05) is 6.54 Å². The third-order valence-corrected chi connectivity index (χ3v) is 4.09. The van der Waals surface area contributed by atoms with Crippen LogP contribution in [0.3, 0.4) is 0 Å². The number of benzene rings is 1. The summed E-state index contributed by atoms with van der Waals surface area (Å²) in [6, 6.07) is 4.85. The number of amides is 2. The zero-order chi connectivity index (χ0) is 18.3. The van der Waals surface area contributed by atoms with Gasteiger partial charge < -0.3 is 20.3 Å². The number of nitrogens with one attached hydrogen (secondary N) is 1. The molecule has 0 fully saturated rings. The minimum absolute atomic E-state index is 0.141. The van der Waals surface area contributed by atoms with Gasteiger partial charge in [-0.15, -0.1) is 0 Å². The molecule has 1 aromatic carbocycles. The molecule has 9 heteroatoms. The largest absolute Gasteiger partial charge is 0.475 e. The molecule has 2 amide bonds. The van der Waals surface area contributed by atoms with E-state index in [4.69, 9.17) is 23.2 Å². The van der Waals surface area contributed by atoms with Gasteiger partial charge in [-0.1, -0.05) is 35.8 Å². The summed E-state index contributed by atoms with van der Waals surface area (Å²) >= 11 is 11.8. The van der Waals surface area contributed by atoms with E-state index < -0.39 is 19.0 Å². The number of halogens is 2. The van der Waals surface area contributed by atoms with Crippen molar-refractivity contribution in [3.05, 3.63) is 46.5 Å². The Bertz CT molecular complexity index is 613. The topological polar surface area (TPSA) is 89.9 Å². The van der Waals surface area contributed by atoms with Gasteiger partial charge in [-0.25, -0.2) is 0 Å². The molecule has 0 radical (unpaired) electrons. The minimum atomic E-state index is -1.77. The highest BCUT2D eigenvalue weighted by Crippen LogP contribution is 2.23. The van der Waals surface area contributed by atoms with E-state index in [2.05, 4.69) is 11.9 Å². The van der Waals surface area contributed by atoms with Crippen LogP contribution in [0, 0.1) is 0 Å². The number of hydrogen-bond donors (Lipinski definition) is 3. The van der Waals surface area contributed by atoms with Crippen molar-refractivity contribution in [3.8, 4) is 0 Å². The van der Waals surface area contributed by atoms with Crippen molar-refractivity contribution in [2.75, 3.05) is 13.1 Å². The average Bonchev–Trinajstić information content (AvgIpc) is 2.54. The Labute approximate surface area is 151 Å². The van der Waals surface area contributed by atoms with Crippen molar-refractivity contribution < 1.29 is 19.6 Å². The molecule has 6 nitrogen and oxygen atoms in total. The Hall–Kier alpha value is -1.54. The predicted molar refractivity (Wildman–Crippen MR) is 94.7 cm³/mol. The number of likely N-dealkylation sites (N-methyl/N-ethyl adjacent to an activating group) is 1. The summed E-state index contributed by atoms with van der Waals surface area (Å²) < 4.78 is 0. The minimum Gasteiger partial charge on any atom is -0.426 e. The van der Waals surface area contributed by atoms with Crippen molar-refractivity contribution in [3.63, 3.8) is 0 Å². The van der Waals surface area contributed by atoms with Gasteiger partial charge in [-0.2, -0.15) is 0 Å². The van der Waals surface area contributed by atoms with Gasteiger partial charge in [0.1, 0.15) is 0 Å². The van der Waals surface area contributed by atoms with Gasteiger partial charge >= 0.3 is 7.12 Å². The predicted octanol–water partition coefficient (Wildman–Crippen LogP) is 1.07. The average molecular weight is 373 g/mol. The number of nitrogens with zero attached hydrogens (tertiary/aromatic N) is 1. The fraction of sp³-hybridized carbons (Fsp3) is 0.333. The maximum absolute atomic E-state index is 12.1. The summed E-state index contributed by atoms with van der Waals surface area (Å²) in [5, 5.41) is 22.2. The molecule has 0 spiro atoms. The Morgan fingerprint density at radius 1 is 1.38 bits per heavy atom. The summed E-state index contributed by atoms with van der Waals surface area (Å²) in [6.45, 7) is 5.22. The second-order valence-corrected chi connectivity index (χ2v) is 5.91. The lowest BCUT2D eigenvalue weighted by Gasteiger charge is -2.22. The van der Waals surface area contributed by atoms with Gasteiger partial charge in [-0.05, 0) is 37.1 Å². The first-order valence-electron chi connectivity index (χ1n) is 7.29. The van der Waals surface area contributed by atoms with E-state index in [1.54, 1.807) is 25.1 Å². The van der Waals surface area contributed by atoms with Gasteiger partial charge in [0.25, 0.3) is 0 Å². The lowest BCUT2D eigenvalue weighted by Crippen LogP contribution is -2.51. The molecule has 0 saturated carbocycles. The first kappa shape index (κ1) is 20.5. The van der Waals surface area contributed by atoms with Crippen molar-refractivity contribution >= 4 is 42.1 Å². The van der Waals surface area contributed by atoms with Crippen molar-refractivity contribution in [2.45, 2.75) is 19.3 Å². The van der Waals surface area contributed by atoms with Crippen LogP contribution >= 0.6 is 23.2 Å². The van der Waals surface area contributed by atoms with E-state index in [-0.39, 0.29) is 18.9 Å². The highest BCUT2D eigenvalue weighted by atomic mass is 35.5. The molecule has 0 saturated heterocycles. The normalized spacial score (nSPS) is 11.5. The van der Waals surface area contributed by atoms with Gasteiger partial charge in [-0.3, -0.25) is 9.59 Å². The Balaban J connectivity index is 2.74. The monoisotopic (exact) mass is 372 g/mol. The van der Waals surface area contributed by atoms with Crippen LogP contribution in [-0.4, -0.2) is 52.9 Å². The highest BCUT2D eigenvalue weighted by molar-refractivity contribution is 6.44. The Morgan fingerprint density at radius 2 is 2.04 bits per heavy atom. The maximum atomic E-state index is 12.1. The molecule has 3 N–H and O–H groups in total. The van der Waals surface area contributed by atoms with Crippen LogP contribution in [0.5, 0.6) is 0 Å². The van der Waals surface area contributed by atoms with Gasteiger partial charge in [0.15, 0.2) is 0 Å². The molecule has 0 aliphatic carbocycles. The first-order chi connectivity index (χ1) is 11.3. The molecule has 24 heavy (non-hydrogen) atoms. The molecule has 1 rings (SSSR count). The smallest absolute Gasteiger partial charge is 0.426 e. The van der Waals surface area contributed by atoms with E-state index >= 15 is 0 Å². The second kappa shape index (κ2) is 9.69. The molecule has 130 valence electrons.